The SMILES string of the molecule is COc1ccc(COC(=O)C2=C(CCl)CSC3[C@H](CC(=O)/C(=N\OC(C)(C)C(=O)OC(C)(C)C)c4csc(N)n4)C(=O)N23)cc1.COc1ccc(COC(=O)C2=C(C[n+]3ccccc3)CSC3[C@H](CC(=O)/C(=N\OC(C)(C)C(=O)OC(C)(C)C)c4csc(N)n4)C(=O)N23)cc1.Cc1ccc(OP(Oc2ccc(N(C)C)cc2)Oc2ccc(N(C)C)cc2)cc1.[Cl-]. The number of ketones is 2. The fourth-order valence-electron chi connectivity index (χ4n) is 12.1. The van der Waals surface area contributed by atoms with Crippen LogP contribution in [-0.4, -0.2) is 171 Å². The normalized spacial score (nSPS) is 16.3. The number of nitrogens with two attached hydrogens (primary N) is 2. The van der Waals surface area contributed by atoms with Crippen molar-refractivity contribution in [1.82, 2.24) is 19.8 Å². The Morgan fingerprint density at radius 3 is 1.24 bits per heavy atom. The number of hydrogen-bond donors (Lipinski definition) is 2. The highest BCUT2D eigenvalue weighted by Crippen LogP contribution is 2.49. The number of Topliss-reactive ketones (excluding diaryl/α,β-unsaturated/α-hetero) is 2. The standard InChI is InChI=1S/C35H40N5O8S2.C30H35ClN4O8S2.C23H27N2O3P.ClH/c1-34(2,3)47-32(44)35(4,5)48-38-27(25-20-50-33(36)37-25)26(41)16-24-29(42)40-28(31(43)46-18-21-10-12-23(45-6)13-11-21)22(19-49-30(24)40)17-39-14-8-7-9-15-39;1-29(2,3)42-27(39)30(4,5)43-34-22(20-15-45-28(32)33-20)21(36)11-19-24(37)35-23(17(12-31)14-44-25(19)35)26(38)41-13-16-7-9-18(40-6)10-8-16;1-18-6-12-21(13-7-18)26-29(27-22-14-8-19(9-15-22)24(2)3)28-23-16-10-20(11-17-23)25(4)5;/h7-15,20,24,30H,16-19H2,1-6H3,(H2,36,37);7-10,15,19,25H,11-14H2,1-6H3,(H2,32,33);6-17H,1-5H3;1H/q+1;;;/p-1/b38-27-;34-22-;;/t24-,30?;19-,25?;;/m11../s1. The number of aryl methyl sites for hydroxylation is 1. The van der Waals surface area contributed by atoms with E-state index in [4.69, 9.17) is 74.7 Å². The predicted molar refractivity (Wildman–Crippen MR) is 479 cm³/mol. The minimum Gasteiger partial charge on any atom is -1.00 e. The number of halogens is 2. The Kier molecular flexibility index (Phi) is 33.9. The first-order chi connectivity index (χ1) is 58.7. The number of oxime groups is 2. The number of ether oxygens (including phenoxy) is 6. The van der Waals surface area contributed by atoms with Crippen LogP contribution in [0.5, 0.6) is 28.7 Å². The van der Waals surface area contributed by atoms with Crippen LogP contribution in [0.2, 0.25) is 0 Å². The number of carbonyl (C=O) groups is 8. The van der Waals surface area contributed by atoms with Gasteiger partial charge in [-0.15, -0.1) is 57.8 Å². The Bertz CT molecular complexity index is 5200. The summed E-state index contributed by atoms with van der Waals surface area (Å²) in [5.74, 6) is -1.80. The van der Waals surface area contributed by atoms with Crippen molar-refractivity contribution in [2.24, 2.45) is 22.1 Å². The molecule has 30 nitrogen and oxygen atoms in total. The number of amides is 2. The number of thiazole rings is 2. The van der Waals surface area contributed by atoms with Gasteiger partial charge in [-0.2, -0.15) is 0 Å². The summed E-state index contributed by atoms with van der Waals surface area (Å²) in [5.41, 5.74) is 13.4. The fraction of sp³-hybridized carbons (Fsp3) is 0.375. The quantitative estimate of drug-likeness (QED) is 0.00564. The lowest BCUT2D eigenvalue weighted by Gasteiger charge is -2.49. The molecule has 5 aromatic carbocycles. The summed E-state index contributed by atoms with van der Waals surface area (Å²) in [6.07, 6.45) is 3.27. The van der Waals surface area contributed by atoms with Crippen molar-refractivity contribution in [2.45, 2.75) is 142 Å². The van der Waals surface area contributed by atoms with Gasteiger partial charge in [0, 0.05) is 98.3 Å². The highest BCUT2D eigenvalue weighted by atomic mass is 35.5. The van der Waals surface area contributed by atoms with Crippen molar-refractivity contribution in [3.63, 3.8) is 0 Å². The second kappa shape index (κ2) is 43.3. The maximum Gasteiger partial charge on any atom is 0.530 e. The molecule has 4 aliphatic rings. The van der Waals surface area contributed by atoms with Gasteiger partial charge in [0.1, 0.15) is 75.9 Å². The van der Waals surface area contributed by atoms with E-state index >= 15 is 0 Å². The number of alkyl halides is 1. The average Bonchev–Trinajstić information content (AvgIpc) is 1.00. The number of nitrogens with zero attached hydrogens (tertiary/aromatic N) is 9. The lowest BCUT2D eigenvalue weighted by atomic mass is 9.89. The van der Waals surface area contributed by atoms with Gasteiger partial charge in [0.25, 0.3) is 0 Å². The molecule has 0 aliphatic carbocycles. The number of esters is 4. The Labute approximate surface area is 755 Å². The summed E-state index contributed by atoms with van der Waals surface area (Å²) >= 11 is 11.2. The van der Waals surface area contributed by atoms with Crippen LogP contribution in [0.25, 0.3) is 0 Å². The van der Waals surface area contributed by atoms with Gasteiger partial charge in [-0.1, -0.05) is 58.3 Å². The van der Waals surface area contributed by atoms with Crippen molar-refractivity contribution in [1.29, 1.82) is 0 Å². The Hall–Kier alpha value is -11.0. The fourth-order valence-corrected chi connectivity index (χ4v) is 17.3. The van der Waals surface area contributed by atoms with E-state index in [1.165, 1.54) is 72.0 Å². The zero-order chi connectivity index (χ0) is 90.1. The molecule has 4 N–H and O–H groups in total. The van der Waals surface area contributed by atoms with Crippen molar-refractivity contribution < 1.29 is 107 Å². The zero-order valence-corrected chi connectivity index (χ0v) is 78.0. The number of aromatic nitrogens is 3. The lowest BCUT2D eigenvalue weighted by Crippen LogP contribution is -3.00. The van der Waals surface area contributed by atoms with Crippen LogP contribution in [0.1, 0.15) is 110 Å². The molecule has 12 rings (SSSR count). The number of pyridine rings is 1. The van der Waals surface area contributed by atoms with Gasteiger partial charge < -0.3 is 85.3 Å². The predicted octanol–water partition coefficient (Wildman–Crippen LogP) is 11.2. The van der Waals surface area contributed by atoms with Crippen LogP contribution in [-0.2, 0) is 86.7 Å². The Morgan fingerprint density at radius 1 is 0.536 bits per heavy atom. The maximum absolute atomic E-state index is 13.8. The Balaban J connectivity index is 0.000000219. The van der Waals surface area contributed by atoms with Gasteiger partial charge in [-0.25, -0.2) is 33.7 Å². The molecule has 2 saturated heterocycles. The van der Waals surface area contributed by atoms with Gasteiger partial charge >= 0.3 is 32.5 Å². The number of fused-ring (bicyclic) bond motifs is 2. The molecule has 2 unspecified atom stereocenters. The summed E-state index contributed by atoms with van der Waals surface area (Å²) in [7, 11) is 9.46. The first-order valence-corrected chi connectivity index (χ1v) is 44.6. The highest BCUT2D eigenvalue weighted by Gasteiger charge is 2.56. The van der Waals surface area contributed by atoms with Gasteiger partial charge in [-0.3, -0.25) is 29.0 Å². The maximum atomic E-state index is 13.8. The third-order valence-corrected chi connectivity index (χ3v) is 24.3. The topological polar surface area (TPSA) is 357 Å². The lowest BCUT2D eigenvalue weighted by molar-refractivity contribution is -0.689. The molecule has 0 spiro atoms. The molecule has 2 fully saturated rings. The monoisotopic (exact) mass is 1850 g/mol. The number of carbonyl (C=O) groups excluding carboxylic acids is 8. The Morgan fingerprint density at radius 2 is 0.896 bits per heavy atom. The molecule has 3 aromatic heterocycles. The zero-order valence-electron chi connectivity index (χ0n) is 72.3. The minimum absolute atomic E-state index is 0. The number of methoxy groups -OCH3 is 2. The molecule has 37 heteroatoms. The third kappa shape index (κ3) is 26.5. The minimum atomic E-state index is -1.68. The number of benzene rings is 5. The van der Waals surface area contributed by atoms with Gasteiger partial charge in [0.2, 0.25) is 23.0 Å². The number of anilines is 4. The van der Waals surface area contributed by atoms with E-state index in [1.54, 1.807) is 110 Å². The van der Waals surface area contributed by atoms with Crippen LogP contribution in [0.4, 0.5) is 21.6 Å². The number of nitrogen functional groups attached to an aromatic ring is 2. The summed E-state index contributed by atoms with van der Waals surface area (Å²) in [5, 5.41) is 10.6. The summed E-state index contributed by atoms with van der Waals surface area (Å²) in [6, 6.07) is 43.3. The molecule has 125 heavy (non-hydrogen) atoms. The van der Waals surface area contributed by atoms with Gasteiger partial charge in [-0.05, 0) is 178 Å². The number of hydrogen-bond acceptors (Lipinski definition) is 31. The first-order valence-electron chi connectivity index (χ1n) is 39.1. The molecule has 4 atom stereocenters. The summed E-state index contributed by atoms with van der Waals surface area (Å²) < 4.78 is 52.5. The van der Waals surface area contributed by atoms with Crippen LogP contribution in [0.15, 0.2) is 196 Å². The number of β-lactam (4-membered cyclic amide) rings is 2. The molecular formula is C88H102Cl2N11O19PS4. The summed E-state index contributed by atoms with van der Waals surface area (Å²) in [6.45, 7) is 18.6. The van der Waals surface area contributed by atoms with E-state index in [1.807, 2.05) is 153 Å². The molecule has 0 bridgehead atoms. The third-order valence-electron chi connectivity index (χ3n) is 18.7. The van der Waals surface area contributed by atoms with E-state index in [0.717, 1.165) is 50.7 Å². The molecule has 666 valence electrons. The van der Waals surface area contributed by atoms with Crippen molar-refractivity contribution >= 4 is 147 Å². The molecule has 2 amide bonds. The van der Waals surface area contributed by atoms with Crippen LogP contribution in [0, 0.1) is 18.8 Å². The molecular weight excluding hydrogens is 1750 g/mol. The number of rotatable bonds is 33. The van der Waals surface area contributed by atoms with E-state index in [0.29, 0.717) is 52.4 Å². The van der Waals surface area contributed by atoms with Gasteiger partial charge in [0.15, 0.2) is 52.2 Å². The van der Waals surface area contributed by atoms with Crippen molar-refractivity contribution in [3.8, 4) is 28.7 Å². The van der Waals surface area contributed by atoms with Crippen molar-refractivity contribution in [3.05, 3.63) is 213 Å². The molecule has 7 heterocycles. The van der Waals surface area contributed by atoms with Crippen LogP contribution in [0.3, 0.4) is 0 Å². The van der Waals surface area contributed by atoms with E-state index in [2.05, 4.69) is 20.3 Å². The summed E-state index contributed by atoms with van der Waals surface area (Å²) in [4.78, 5) is 133. The number of thioether (sulfide) groups is 2. The largest absolute Gasteiger partial charge is 1.00 e. The smallest absolute Gasteiger partial charge is 0.530 e. The molecule has 0 radical (unpaired) electrons. The average molecular weight is 1850 g/mol. The first kappa shape index (κ1) is 97.8. The molecule has 0 saturated carbocycles. The van der Waals surface area contributed by atoms with E-state index < -0.39 is 101 Å². The van der Waals surface area contributed by atoms with Gasteiger partial charge in [0.05, 0.1) is 36.8 Å². The van der Waals surface area contributed by atoms with Crippen LogP contribution < -0.4 is 61.3 Å². The second-order valence-electron chi connectivity index (χ2n) is 32.0. The van der Waals surface area contributed by atoms with Crippen molar-refractivity contribution in [2.75, 3.05) is 81.1 Å². The second-order valence-corrected chi connectivity index (χ2v) is 37.3. The highest BCUT2D eigenvalue weighted by molar-refractivity contribution is 8.00. The van der Waals surface area contributed by atoms with E-state index in [-0.39, 0.29) is 88.8 Å². The molecule has 4 aliphatic heterocycles. The van der Waals surface area contributed by atoms with E-state index in [9.17, 15) is 38.4 Å². The van der Waals surface area contributed by atoms with Crippen LogP contribution >= 0.6 is 66.4 Å². The molecule has 8 aromatic rings.